The van der Waals surface area contributed by atoms with Crippen LogP contribution in [0, 0.1) is 12.1 Å². The first-order chi connectivity index (χ1) is 14.5. The van der Waals surface area contributed by atoms with Crippen LogP contribution in [0.4, 0.5) is 0 Å². The summed E-state index contributed by atoms with van der Waals surface area (Å²) in [5.41, 5.74) is 3.16. The fourth-order valence-electron chi connectivity index (χ4n) is 3.23. The second kappa shape index (κ2) is 8.62. The lowest BCUT2D eigenvalue weighted by molar-refractivity contribution is -0.336. The van der Waals surface area contributed by atoms with Gasteiger partial charge in [0.05, 0.1) is 10.8 Å². The average Bonchev–Trinajstić information content (AvgIpc) is 3.28. The standard InChI is InChI=1S/C22H19N3O4S/c1-14-18(23-22(29-14)17-5-3-2-4-6-17)11-12-19(26)16-9-7-15(8-10-16)13-20-21(27)24-25(28)30-20/h2-10,20H,11-13H2,1H3. The van der Waals surface area contributed by atoms with Crippen LogP contribution >= 0.6 is 11.9 Å². The molecule has 7 nitrogen and oxygen atoms in total. The summed E-state index contributed by atoms with van der Waals surface area (Å²) in [6.07, 6.45) is 1.22. The number of rotatable bonds is 7. The van der Waals surface area contributed by atoms with Crippen LogP contribution in [0.25, 0.3) is 11.5 Å². The molecule has 0 saturated carbocycles. The van der Waals surface area contributed by atoms with Gasteiger partial charge in [0.25, 0.3) is 0 Å². The van der Waals surface area contributed by atoms with Crippen molar-refractivity contribution in [3.8, 4) is 11.5 Å². The molecule has 2 heterocycles. The first-order valence-electron chi connectivity index (χ1n) is 9.53. The molecule has 8 heteroatoms. The van der Waals surface area contributed by atoms with E-state index in [0.29, 0.717) is 40.7 Å². The Bertz CT molecular complexity index is 1110. The number of aromatic nitrogens is 1. The van der Waals surface area contributed by atoms with Crippen LogP contribution in [-0.4, -0.2) is 26.2 Å². The molecular weight excluding hydrogens is 402 g/mol. The van der Waals surface area contributed by atoms with E-state index in [1.807, 2.05) is 49.4 Å². The fourth-order valence-corrected chi connectivity index (χ4v) is 3.98. The Morgan fingerprint density at radius 1 is 1.17 bits per heavy atom. The number of carbonyl (C=O) groups is 2. The van der Waals surface area contributed by atoms with E-state index in [1.54, 1.807) is 12.1 Å². The summed E-state index contributed by atoms with van der Waals surface area (Å²) in [5.74, 6) is 0.862. The molecule has 30 heavy (non-hydrogen) atoms. The lowest BCUT2D eigenvalue weighted by atomic mass is 10.0. The van der Waals surface area contributed by atoms with Gasteiger partial charge < -0.3 is 9.62 Å². The summed E-state index contributed by atoms with van der Waals surface area (Å²) >= 11 is 0.865. The lowest BCUT2D eigenvalue weighted by Gasteiger charge is -2.05. The lowest BCUT2D eigenvalue weighted by Crippen LogP contribution is -2.13. The van der Waals surface area contributed by atoms with Crippen molar-refractivity contribution < 1.29 is 18.3 Å². The van der Waals surface area contributed by atoms with Crippen molar-refractivity contribution >= 4 is 23.6 Å². The van der Waals surface area contributed by atoms with Crippen LogP contribution in [0.5, 0.6) is 0 Å². The maximum atomic E-state index is 12.6. The van der Waals surface area contributed by atoms with Gasteiger partial charge in [0.1, 0.15) is 5.76 Å². The van der Waals surface area contributed by atoms with Crippen LogP contribution < -0.4 is 0 Å². The second-order valence-corrected chi connectivity index (χ2v) is 8.07. The van der Waals surface area contributed by atoms with Gasteiger partial charge in [-0.2, -0.15) is 0 Å². The number of Topliss-reactive ketones (excluding diaryl/α,β-unsaturated/α-hetero) is 1. The molecule has 1 amide bonds. The molecule has 4 rings (SSSR count). The molecule has 0 bridgehead atoms. The van der Waals surface area contributed by atoms with E-state index < -0.39 is 11.2 Å². The molecule has 1 aliphatic rings. The number of hydrogen-bond acceptors (Lipinski definition) is 6. The number of amides is 1. The minimum atomic E-state index is -0.502. The van der Waals surface area contributed by atoms with E-state index >= 15 is 0 Å². The van der Waals surface area contributed by atoms with Crippen LogP contribution in [0.15, 0.2) is 64.1 Å². The van der Waals surface area contributed by atoms with Crippen molar-refractivity contribution in [2.75, 3.05) is 0 Å². The highest BCUT2D eigenvalue weighted by Gasteiger charge is 2.34. The van der Waals surface area contributed by atoms with Gasteiger partial charge in [-0.1, -0.05) is 42.5 Å². The van der Waals surface area contributed by atoms with Crippen molar-refractivity contribution in [3.05, 3.63) is 82.4 Å². The quantitative estimate of drug-likeness (QED) is 0.241. The number of carbonyl (C=O) groups excluding carboxylic acids is 2. The maximum Gasteiger partial charge on any atom is 0.330 e. The molecule has 0 aliphatic carbocycles. The Labute approximate surface area is 177 Å². The van der Waals surface area contributed by atoms with Gasteiger partial charge in [-0.25, -0.2) is 4.98 Å². The number of oxazole rings is 1. The third kappa shape index (κ3) is 4.49. The largest absolute Gasteiger partial charge is 0.586 e. The monoisotopic (exact) mass is 421 g/mol. The minimum Gasteiger partial charge on any atom is -0.586 e. The molecule has 3 aromatic rings. The van der Waals surface area contributed by atoms with Crippen molar-refractivity contribution in [1.29, 1.82) is 0 Å². The first-order valence-corrected chi connectivity index (χ1v) is 10.4. The van der Waals surface area contributed by atoms with Crippen molar-refractivity contribution in [3.63, 3.8) is 0 Å². The molecule has 152 valence electrons. The average molecular weight is 421 g/mol. The Morgan fingerprint density at radius 2 is 1.90 bits per heavy atom. The van der Waals surface area contributed by atoms with Gasteiger partial charge in [-0.15, -0.1) is 0 Å². The third-order valence-electron chi connectivity index (χ3n) is 4.87. The number of ketones is 1. The highest BCUT2D eigenvalue weighted by atomic mass is 32.2. The van der Waals surface area contributed by atoms with Gasteiger partial charge in [0.2, 0.25) is 17.8 Å². The zero-order valence-electron chi connectivity index (χ0n) is 16.3. The summed E-state index contributed by atoms with van der Waals surface area (Å²) in [6, 6.07) is 16.8. The molecule has 0 radical (unpaired) electrons. The van der Waals surface area contributed by atoms with Gasteiger partial charge in [-0.3, -0.25) is 9.59 Å². The van der Waals surface area contributed by atoms with E-state index in [-0.39, 0.29) is 5.78 Å². The number of benzene rings is 2. The van der Waals surface area contributed by atoms with Crippen LogP contribution in [-0.2, 0) is 17.6 Å². The summed E-state index contributed by atoms with van der Waals surface area (Å²) in [4.78, 5) is 28.7. The Kier molecular flexibility index (Phi) is 5.76. The van der Waals surface area contributed by atoms with Gasteiger partial charge in [0, 0.05) is 24.0 Å². The summed E-state index contributed by atoms with van der Waals surface area (Å²) in [5, 5.41) is 14.0. The number of hydrogen-bond donors (Lipinski definition) is 0. The van der Waals surface area contributed by atoms with E-state index in [2.05, 4.69) is 10.1 Å². The van der Waals surface area contributed by atoms with E-state index in [1.165, 1.54) is 0 Å². The number of aryl methyl sites for hydroxylation is 2. The Balaban J connectivity index is 1.35. The third-order valence-corrected chi connectivity index (χ3v) is 5.76. The minimum absolute atomic E-state index is 0.0114. The van der Waals surface area contributed by atoms with Crippen LogP contribution in [0.3, 0.4) is 0 Å². The Hall–Kier alpha value is -3.26. The summed E-state index contributed by atoms with van der Waals surface area (Å²) in [6.45, 7) is 1.85. The van der Waals surface area contributed by atoms with Crippen LogP contribution in [0.2, 0.25) is 0 Å². The van der Waals surface area contributed by atoms with Crippen LogP contribution in [0.1, 0.15) is 33.8 Å². The first kappa shape index (κ1) is 20.0. The van der Waals surface area contributed by atoms with Crippen molar-refractivity contribution in [2.45, 2.75) is 31.4 Å². The molecule has 0 saturated heterocycles. The van der Waals surface area contributed by atoms with Gasteiger partial charge in [0.15, 0.2) is 11.0 Å². The highest BCUT2D eigenvalue weighted by molar-refractivity contribution is 7.95. The predicted octanol–water partition coefficient (Wildman–Crippen LogP) is 4.53. The zero-order valence-corrected chi connectivity index (χ0v) is 17.1. The maximum absolute atomic E-state index is 12.6. The second-order valence-electron chi connectivity index (χ2n) is 6.98. The molecule has 2 aromatic carbocycles. The normalized spacial score (nSPS) is 16.0. The van der Waals surface area contributed by atoms with Gasteiger partial charge >= 0.3 is 5.91 Å². The van der Waals surface area contributed by atoms with E-state index in [4.69, 9.17) is 4.42 Å². The predicted molar refractivity (Wildman–Crippen MR) is 112 cm³/mol. The summed E-state index contributed by atoms with van der Waals surface area (Å²) < 4.78 is 6.10. The van der Waals surface area contributed by atoms with E-state index in [9.17, 15) is 14.8 Å². The Morgan fingerprint density at radius 3 is 2.57 bits per heavy atom. The molecule has 1 aliphatic heterocycles. The smallest absolute Gasteiger partial charge is 0.330 e. The molecule has 0 fully saturated rings. The van der Waals surface area contributed by atoms with Gasteiger partial charge in [-0.05, 0) is 35.3 Å². The summed E-state index contributed by atoms with van der Waals surface area (Å²) in [7, 11) is 0. The van der Waals surface area contributed by atoms with E-state index in [0.717, 1.165) is 28.8 Å². The SMILES string of the molecule is Cc1oc(-c2ccccc2)nc1CCC(=O)c1ccc(CC2S[N+]([O-])=NC2=O)cc1. The van der Waals surface area contributed by atoms with Crippen molar-refractivity contribution in [2.24, 2.45) is 5.11 Å². The molecular formula is C22H19N3O4S. The topological polar surface area (TPSA) is 98.6 Å². The van der Waals surface area contributed by atoms with Crippen molar-refractivity contribution in [1.82, 2.24) is 4.98 Å². The molecule has 1 unspecified atom stereocenters. The molecule has 1 aromatic heterocycles. The zero-order chi connectivity index (χ0) is 21.1. The number of nitrogens with zero attached hydrogens (tertiary/aromatic N) is 3. The highest BCUT2D eigenvalue weighted by Crippen LogP contribution is 2.25. The molecule has 0 N–H and O–H groups in total. The molecule has 1 atom stereocenters. The molecule has 0 spiro atoms. The fraction of sp³-hybridized carbons (Fsp3) is 0.227.